The van der Waals surface area contributed by atoms with Crippen LogP contribution in [0.1, 0.15) is 25.3 Å². The van der Waals surface area contributed by atoms with Gasteiger partial charge in [0.15, 0.2) is 0 Å². The lowest BCUT2D eigenvalue weighted by atomic mass is 9.92. The van der Waals surface area contributed by atoms with Crippen LogP contribution in [-0.2, 0) is 15.1 Å². The topological polar surface area (TPSA) is 38.3 Å². The summed E-state index contributed by atoms with van der Waals surface area (Å²) in [5.41, 5.74) is 0.201. The van der Waals surface area contributed by atoms with Crippen molar-refractivity contribution < 1.29 is 9.53 Å². The summed E-state index contributed by atoms with van der Waals surface area (Å²) in [6.45, 7) is 2.77. The quantitative estimate of drug-likeness (QED) is 0.642. The average Bonchev–Trinajstić information content (AvgIpc) is 3.28. The second kappa shape index (κ2) is 5.97. The minimum atomic E-state index is -0.756. The van der Waals surface area contributed by atoms with E-state index in [1.165, 1.54) is 24.8 Å². The zero-order valence-electron chi connectivity index (χ0n) is 11.7. The molecule has 3 nitrogen and oxygen atoms in total. The van der Waals surface area contributed by atoms with Crippen molar-refractivity contribution in [2.75, 3.05) is 19.9 Å². The molecule has 1 unspecified atom stereocenters. The molecular formula is C15H21NO2S. The summed E-state index contributed by atoms with van der Waals surface area (Å²) in [4.78, 5) is 13.3. The van der Waals surface area contributed by atoms with Gasteiger partial charge in [-0.25, -0.2) is 4.79 Å². The molecule has 19 heavy (non-hydrogen) atoms. The zero-order chi connectivity index (χ0) is 13.9. The van der Waals surface area contributed by atoms with Crippen LogP contribution in [0.4, 0.5) is 0 Å². The molecule has 0 bridgehead atoms. The zero-order valence-corrected chi connectivity index (χ0v) is 12.5. The van der Waals surface area contributed by atoms with Gasteiger partial charge in [-0.05, 0) is 56.2 Å². The Labute approximate surface area is 119 Å². The summed E-state index contributed by atoms with van der Waals surface area (Å²) in [6.07, 6.45) is 4.56. The van der Waals surface area contributed by atoms with E-state index in [0.717, 1.165) is 18.0 Å². The molecule has 0 amide bonds. The Hall–Kier alpha value is -1.00. The number of nitrogens with one attached hydrogen (secondary N) is 1. The molecule has 1 atom stereocenters. The number of rotatable bonds is 6. The first kappa shape index (κ1) is 14.4. The number of esters is 1. The van der Waals surface area contributed by atoms with Gasteiger partial charge < -0.3 is 4.74 Å². The van der Waals surface area contributed by atoms with E-state index in [9.17, 15) is 4.79 Å². The lowest BCUT2D eigenvalue weighted by molar-refractivity contribution is -0.148. The van der Waals surface area contributed by atoms with Crippen LogP contribution in [0.15, 0.2) is 29.2 Å². The second-order valence-electron chi connectivity index (χ2n) is 5.17. The Morgan fingerprint density at radius 1 is 1.42 bits per heavy atom. The van der Waals surface area contributed by atoms with E-state index >= 15 is 0 Å². The van der Waals surface area contributed by atoms with Crippen LogP contribution in [-0.4, -0.2) is 25.9 Å². The Morgan fingerprint density at radius 3 is 2.53 bits per heavy atom. The first-order chi connectivity index (χ1) is 9.10. The van der Waals surface area contributed by atoms with E-state index in [-0.39, 0.29) is 5.97 Å². The van der Waals surface area contributed by atoms with Gasteiger partial charge in [-0.3, -0.25) is 5.32 Å². The number of ether oxygens (including phenoxy) is 1. The van der Waals surface area contributed by atoms with Crippen molar-refractivity contribution in [1.29, 1.82) is 0 Å². The number of hydrogen-bond acceptors (Lipinski definition) is 4. The monoisotopic (exact) mass is 279 g/mol. The fraction of sp³-hybridized carbons (Fsp3) is 0.533. The van der Waals surface area contributed by atoms with Crippen LogP contribution in [0, 0.1) is 5.92 Å². The van der Waals surface area contributed by atoms with Crippen molar-refractivity contribution in [3.8, 4) is 0 Å². The first-order valence-electron chi connectivity index (χ1n) is 6.58. The van der Waals surface area contributed by atoms with E-state index in [2.05, 4.69) is 5.32 Å². The van der Waals surface area contributed by atoms with E-state index in [1.54, 1.807) is 11.8 Å². The molecule has 104 valence electrons. The van der Waals surface area contributed by atoms with Crippen molar-refractivity contribution in [3.05, 3.63) is 29.8 Å². The van der Waals surface area contributed by atoms with Gasteiger partial charge in [0.05, 0.1) is 7.11 Å². The van der Waals surface area contributed by atoms with Gasteiger partial charge in [0.1, 0.15) is 5.54 Å². The minimum absolute atomic E-state index is 0.231. The number of carbonyl (C=O) groups excluding carboxylic acids is 1. The molecule has 4 heteroatoms. The summed E-state index contributed by atoms with van der Waals surface area (Å²) < 4.78 is 4.97. The highest BCUT2D eigenvalue weighted by Gasteiger charge is 2.37. The molecule has 1 N–H and O–H groups in total. The SMILES string of the molecule is COC(=O)C(C)(NCC1CC1)c1ccc(SC)cc1. The highest BCUT2D eigenvalue weighted by atomic mass is 32.2. The van der Waals surface area contributed by atoms with Crippen molar-refractivity contribution in [2.24, 2.45) is 5.92 Å². The van der Waals surface area contributed by atoms with Gasteiger partial charge in [0, 0.05) is 4.90 Å². The summed E-state index contributed by atoms with van der Waals surface area (Å²) in [5.74, 6) is 0.486. The Balaban J connectivity index is 2.20. The van der Waals surface area contributed by atoms with Gasteiger partial charge in [-0.1, -0.05) is 12.1 Å². The standard InChI is InChI=1S/C15H21NO2S/c1-15(14(17)18-2,16-10-11-4-5-11)12-6-8-13(19-3)9-7-12/h6-9,11,16H,4-5,10H2,1-3H3. The van der Waals surface area contributed by atoms with Gasteiger partial charge in [-0.2, -0.15) is 0 Å². The maximum atomic E-state index is 12.1. The molecule has 1 saturated carbocycles. The van der Waals surface area contributed by atoms with Crippen LogP contribution < -0.4 is 5.32 Å². The molecule has 1 aromatic carbocycles. The van der Waals surface area contributed by atoms with Gasteiger partial charge in [0.2, 0.25) is 0 Å². The predicted molar refractivity (Wildman–Crippen MR) is 78.3 cm³/mol. The fourth-order valence-corrected chi connectivity index (χ4v) is 2.50. The number of hydrogen-bond donors (Lipinski definition) is 1. The molecule has 2 rings (SSSR count). The third-order valence-electron chi connectivity index (χ3n) is 3.70. The average molecular weight is 279 g/mol. The maximum Gasteiger partial charge on any atom is 0.330 e. The van der Waals surface area contributed by atoms with Gasteiger partial charge in [-0.15, -0.1) is 11.8 Å². The minimum Gasteiger partial charge on any atom is -0.467 e. The Kier molecular flexibility index (Phi) is 4.53. The molecule has 0 heterocycles. The highest BCUT2D eigenvalue weighted by Crippen LogP contribution is 2.31. The smallest absolute Gasteiger partial charge is 0.330 e. The fourth-order valence-electron chi connectivity index (χ4n) is 2.09. The van der Waals surface area contributed by atoms with Gasteiger partial charge >= 0.3 is 5.97 Å². The van der Waals surface area contributed by atoms with Crippen molar-refractivity contribution in [2.45, 2.75) is 30.2 Å². The van der Waals surface area contributed by atoms with E-state index < -0.39 is 5.54 Å². The third-order valence-corrected chi connectivity index (χ3v) is 4.45. The lowest BCUT2D eigenvalue weighted by Crippen LogP contribution is -2.48. The molecule has 0 aliphatic heterocycles. The second-order valence-corrected chi connectivity index (χ2v) is 6.05. The summed E-state index contributed by atoms with van der Waals surface area (Å²) in [7, 11) is 1.44. The lowest BCUT2D eigenvalue weighted by Gasteiger charge is -2.28. The van der Waals surface area contributed by atoms with Gasteiger partial charge in [0.25, 0.3) is 0 Å². The molecule has 1 aromatic rings. The molecular weight excluding hydrogens is 258 g/mol. The number of thioether (sulfide) groups is 1. The maximum absolute atomic E-state index is 12.1. The molecule has 0 saturated heterocycles. The number of methoxy groups -OCH3 is 1. The molecule has 0 aromatic heterocycles. The van der Waals surface area contributed by atoms with Crippen LogP contribution in [0.5, 0.6) is 0 Å². The molecule has 1 aliphatic rings. The Bertz CT molecular complexity index is 442. The van der Waals surface area contributed by atoms with E-state index in [1.807, 2.05) is 37.4 Å². The summed E-state index contributed by atoms with van der Waals surface area (Å²) in [5, 5.41) is 3.38. The van der Waals surface area contributed by atoms with Crippen LogP contribution in [0.2, 0.25) is 0 Å². The number of carbonyl (C=O) groups is 1. The number of benzene rings is 1. The van der Waals surface area contributed by atoms with Crippen molar-refractivity contribution in [3.63, 3.8) is 0 Å². The van der Waals surface area contributed by atoms with Crippen molar-refractivity contribution in [1.82, 2.24) is 5.32 Å². The molecule has 1 aliphatic carbocycles. The highest BCUT2D eigenvalue weighted by molar-refractivity contribution is 7.98. The summed E-state index contributed by atoms with van der Waals surface area (Å²) >= 11 is 1.69. The van der Waals surface area contributed by atoms with Crippen molar-refractivity contribution >= 4 is 17.7 Å². The van der Waals surface area contributed by atoms with Crippen LogP contribution in [0.3, 0.4) is 0 Å². The first-order valence-corrected chi connectivity index (χ1v) is 7.80. The molecule has 0 radical (unpaired) electrons. The predicted octanol–water partition coefficient (Wildman–Crippen LogP) is 2.80. The van der Waals surface area contributed by atoms with Crippen LogP contribution >= 0.6 is 11.8 Å². The summed E-state index contributed by atoms with van der Waals surface area (Å²) in [6, 6.07) is 8.09. The Morgan fingerprint density at radius 2 is 2.05 bits per heavy atom. The largest absolute Gasteiger partial charge is 0.467 e. The van der Waals surface area contributed by atoms with Crippen LogP contribution in [0.25, 0.3) is 0 Å². The normalized spacial score (nSPS) is 17.8. The molecule has 1 fully saturated rings. The van der Waals surface area contributed by atoms with E-state index in [4.69, 9.17) is 4.74 Å². The molecule has 0 spiro atoms. The third kappa shape index (κ3) is 3.31. The van der Waals surface area contributed by atoms with E-state index in [0.29, 0.717) is 0 Å².